The van der Waals surface area contributed by atoms with Crippen molar-refractivity contribution in [3.05, 3.63) is 20.8 Å². The first-order chi connectivity index (χ1) is 7.25. The molecule has 0 aromatic carbocycles. The van der Waals surface area contributed by atoms with E-state index in [4.69, 9.17) is 0 Å². The monoisotopic (exact) mass is 289 g/mol. The molecule has 2 N–H and O–H groups in total. The fourth-order valence-electron chi connectivity index (χ4n) is 2.03. The number of aliphatic hydroxyl groups is 1. The number of aliphatic hydroxyl groups excluding tert-OH is 1. The lowest BCUT2D eigenvalue weighted by atomic mass is 9.92. The molecular weight excluding hydrogens is 274 g/mol. The van der Waals surface area contributed by atoms with Crippen LogP contribution in [0.4, 0.5) is 0 Å². The van der Waals surface area contributed by atoms with Crippen LogP contribution in [0, 0.1) is 0 Å². The van der Waals surface area contributed by atoms with Crippen molar-refractivity contribution in [3.63, 3.8) is 0 Å². The molecule has 4 heteroatoms. The van der Waals surface area contributed by atoms with Crippen molar-refractivity contribution in [2.75, 3.05) is 0 Å². The van der Waals surface area contributed by atoms with Crippen molar-refractivity contribution in [1.29, 1.82) is 0 Å². The van der Waals surface area contributed by atoms with E-state index < -0.39 is 0 Å². The topological polar surface area (TPSA) is 32.3 Å². The van der Waals surface area contributed by atoms with Crippen molar-refractivity contribution < 1.29 is 5.11 Å². The summed E-state index contributed by atoms with van der Waals surface area (Å²) in [7, 11) is 0. The summed E-state index contributed by atoms with van der Waals surface area (Å²) in [6, 6.07) is 4.48. The molecule has 0 radical (unpaired) electrons. The molecule has 2 rings (SSSR count). The van der Waals surface area contributed by atoms with Crippen LogP contribution in [-0.2, 0) is 6.54 Å². The van der Waals surface area contributed by atoms with Gasteiger partial charge in [-0.1, -0.05) is 12.8 Å². The van der Waals surface area contributed by atoms with Gasteiger partial charge >= 0.3 is 0 Å². The number of halogens is 1. The molecule has 1 aliphatic carbocycles. The van der Waals surface area contributed by atoms with Crippen LogP contribution in [0.3, 0.4) is 0 Å². The van der Waals surface area contributed by atoms with Gasteiger partial charge in [0.05, 0.1) is 9.89 Å². The van der Waals surface area contributed by atoms with Gasteiger partial charge in [0.15, 0.2) is 0 Å². The first-order valence-electron chi connectivity index (χ1n) is 5.41. The second kappa shape index (κ2) is 5.43. The number of hydrogen-bond donors (Lipinski definition) is 2. The Morgan fingerprint density at radius 3 is 2.87 bits per heavy atom. The van der Waals surface area contributed by atoms with Crippen molar-refractivity contribution in [3.8, 4) is 0 Å². The lowest BCUT2D eigenvalue weighted by Crippen LogP contribution is -2.41. The average molecular weight is 290 g/mol. The molecule has 2 atom stereocenters. The van der Waals surface area contributed by atoms with Gasteiger partial charge < -0.3 is 10.4 Å². The fraction of sp³-hybridized carbons (Fsp3) is 0.636. The molecule has 2 nitrogen and oxygen atoms in total. The predicted octanol–water partition coefficient (Wildman–Crippen LogP) is 2.90. The molecule has 0 spiro atoms. The minimum absolute atomic E-state index is 0.151. The van der Waals surface area contributed by atoms with Crippen LogP contribution in [-0.4, -0.2) is 17.3 Å². The van der Waals surface area contributed by atoms with Gasteiger partial charge in [-0.3, -0.25) is 0 Å². The normalized spacial score (nSPS) is 26.8. The van der Waals surface area contributed by atoms with Crippen LogP contribution in [0.1, 0.15) is 30.6 Å². The van der Waals surface area contributed by atoms with Gasteiger partial charge in [-0.15, -0.1) is 11.3 Å². The van der Waals surface area contributed by atoms with Gasteiger partial charge in [-0.2, -0.15) is 0 Å². The summed E-state index contributed by atoms with van der Waals surface area (Å²) in [4.78, 5) is 1.32. The van der Waals surface area contributed by atoms with E-state index in [1.807, 2.05) is 0 Å². The maximum Gasteiger partial charge on any atom is 0.0701 e. The number of rotatable bonds is 3. The Hall–Kier alpha value is 0.1000. The standard InChI is InChI=1S/C11H16BrNOS/c12-11-6-5-8(15-11)7-13-9-3-1-2-4-10(9)14/h5-6,9-10,13-14H,1-4,7H2/t9-,10+/m0/s1. The molecule has 1 aromatic heterocycles. The number of thiophene rings is 1. The second-order valence-electron chi connectivity index (χ2n) is 4.05. The first kappa shape index (κ1) is 11.6. The van der Waals surface area contributed by atoms with Crippen LogP contribution in [0.5, 0.6) is 0 Å². The van der Waals surface area contributed by atoms with Crippen LogP contribution in [0.25, 0.3) is 0 Å². The van der Waals surface area contributed by atoms with E-state index in [9.17, 15) is 5.11 Å². The van der Waals surface area contributed by atoms with E-state index in [1.54, 1.807) is 11.3 Å². The molecule has 1 fully saturated rings. The summed E-state index contributed by atoms with van der Waals surface area (Å²) in [6.45, 7) is 0.873. The van der Waals surface area contributed by atoms with Gasteiger partial charge in [0, 0.05) is 17.5 Å². The molecule has 0 amide bonds. The lowest BCUT2D eigenvalue weighted by molar-refractivity contribution is 0.0904. The zero-order chi connectivity index (χ0) is 10.7. The van der Waals surface area contributed by atoms with Crippen LogP contribution < -0.4 is 5.32 Å². The molecule has 1 saturated carbocycles. The Kier molecular flexibility index (Phi) is 4.20. The van der Waals surface area contributed by atoms with Crippen molar-refractivity contribution in [2.24, 2.45) is 0 Å². The number of hydrogen-bond acceptors (Lipinski definition) is 3. The van der Waals surface area contributed by atoms with E-state index in [-0.39, 0.29) is 6.10 Å². The van der Waals surface area contributed by atoms with Crippen LogP contribution in [0.15, 0.2) is 15.9 Å². The predicted molar refractivity (Wildman–Crippen MR) is 67.1 cm³/mol. The fourth-order valence-corrected chi connectivity index (χ4v) is 3.46. The van der Waals surface area contributed by atoms with Gasteiger partial charge in [-0.05, 0) is 40.9 Å². The first-order valence-corrected chi connectivity index (χ1v) is 7.02. The molecular formula is C11H16BrNOS. The van der Waals surface area contributed by atoms with E-state index in [0.29, 0.717) is 6.04 Å². The van der Waals surface area contributed by atoms with Gasteiger partial charge in [0.25, 0.3) is 0 Å². The third-order valence-corrected chi connectivity index (χ3v) is 4.52. The van der Waals surface area contributed by atoms with E-state index in [0.717, 1.165) is 19.4 Å². The smallest absolute Gasteiger partial charge is 0.0701 e. The van der Waals surface area contributed by atoms with Gasteiger partial charge in [-0.25, -0.2) is 0 Å². The Balaban J connectivity index is 1.81. The molecule has 0 unspecified atom stereocenters. The highest BCUT2D eigenvalue weighted by Crippen LogP contribution is 2.23. The highest BCUT2D eigenvalue weighted by atomic mass is 79.9. The van der Waals surface area contributed by atoms with Crippen molar-refractivity contribution in [2.45, 2.75) is 44.4 Å². The minimum Gasteiger partial charge on any atom is -0.392 e. The van der Waals surface area contributed by atoms with E-state index in [1.165, 1.54) is 21.5 Å². The Labute approximate surface area is 103 Å². The van der Waals surface area contributed by atoms with Gasteiger partial charge in [0.1, 0.15) is 0 Å². The summed E-state index contributed by atoms with van der Waals surface area (Å²) in [5.41, 5.74) is 0. The van der Waals surface area contributed by atoms with Gasteiger partial charge in [0.2, 0.25) is 0 Å². The van der Waals surface area contributed by atoms with Crippen molar-refractivity contribution in [1.82, 2.24) is 5.32 Å². The summed E-state index contributed by atoms with van der Waals surface area (Å²) in [5.74, 6) is 0. The average Bonchev–Trinajstić information content (AvgIpc) is 2.63. The molecule has 84 valence electrons. The second-order valence-corrected chi connectivity index (χ2v) is 6.59. The highest BCUT2D eigenvalue weighted by molar-refractivity contribution is 9.11. The SMILES string of the molecule is O[C@@H]1CCCC[C@@H]1NCc1ccc(Br)s1. The largest absolute Gasteiger partial charge is 0.392 e. The highest BCUT2D eigenvalue weighted by Gasteiger charge is 2.22. The summed E-state index contributed by atoms with van der Waals surface area (Å²) in [5, 5.41) is 13.2. The van der Waals surface area contributed by atoms with Crippen molar-refractivity contribution >= 4 is 27.3 Å². The summed E-state index contributed by atoms with van der Waals surface area (Å²) >= 11 is 5.20. The minimum atomic E-state index is -0.151. The maximum atomic E-state index is 9.78. The molecule has 0 bridgehead atoms. The molecule has 0 aliphatic heterocycles. The third kappa shape index (κ3) is 3.28. The molecule has 15 heavy (non-hydrogen) atoms. The zero-order valence-corrected chi connectivity index (χ0v) is 11.0. The number of nitrogens with one attached hydrogen (secondary N) is 1. The third-order valence-electron chi connectivity index (χ3n) is 2.90. The Morgan fingerprint density at radius 2 is 2.20 bits per heavy atom. The molecule has 1 aromatic rings. The zero-order valence-electron chi connectivity index (χ0n) is 8.58. The lowest BCUT2D eigenvalue weighted by Gasteiger charge is -2.28. The quantitative estimate of drug-likeness (QED) is 0.897. The van der Waals surface area contributed by atoms with Crippen LogP contribution >= 0.6 is 27.3 Å². The molecule has 0 saturated heterocycles. The van der Waals surface area contributed by atoms with Crippen LogP contribution in [0.2, 0.25) is 0 Å². The molecule has 1 aliphatic rings. The Bertz CT molecular complexity index is 315. The molecule has 1 heterocycles. The maximum absolute atomic E-state index is 9.78. The summed E-state index contributed by atoms with van der Waals surface area (Å²) in [6.07, 6.45) is 4.31. The Morgan fingerprint density at radius 1 is 1.40 bits per heavy atom. The summed E-state index contributed by atoms with van der Waals surface area (Å²) < 4.78 is 1.17. The van der Waals surface area contributed by atoms with E-state index in [2.05, 4.69) is 33.4 Å². The van der Waals surface area contributed by atoms with E-state index >= 15 is 0 Å².